The van der Waals surface area contributed by atoms with Crippen molar-refractivity contribution in [2.24, 2.45) is 0 Å². The highest BCUT2D eigenvalue weighted by Crippen LogP contribution is 2.10. The highest BCUT2D eigenvalue weighted by molar-refractivity contribution is 6.17. The van der Waals surface area contributed by atoms with E-state index in [1.807, 2.05) is 24.3 Å². The standard InChI is InChI=1S/C13H14ClN3O/c1-18-12-6-7-15-13(17-12)16-9-11-4-2-10(8-14)3-5-11/h2-7H,8-9H2,1H3,(H,15,16,17). The summed E-state index contributed by atoms with van der Waals surface area (Å²) in [5.74, 6) is 1.63. The maximum Gasteiger partial charge on any atom is 0.226 e. The van der Waals surface area contributed by atoms with Gasteiger partial charge in [0.05, 0.1) is 7.11 Å². The second kappa shape index (κ2) is 6.21. The first-order chi connectivity index (χ1) is 8.81. The van der Waals surface area contributed by atoms with Gasteiger partial charge in [0.1, 0.15) is 0 Å². The summed E-state index contributed by atoms with van der Waals surface area (Å²) in [7, 11) is 1.58. The van der Waals surface area contributed by atoms with Gasteiger partial charge in [-0.05, 0) is 11.1 Å². The predicted molar refractivity (Wildman–Crippen MR) is 71.9 cm³/mol. The van der Waals surface area contributed by atoms with E-state index in [4.69, 9.17) is 16.3 Å². The summed E-state index contributed by atoms with van der Waals surface area (Å²) < 4.78 is 5.03. The largest absolute Gasteiger partial charge is 0.481 e. The van der Waals surface area contributed by atoms with Crippen molar-refractivity contribution in [3.8, 4) is 5.88 Å². The number of hydrogen-bond acceptors (Lipinski definition) is 4. The van der Waals surface area contributed by atoms with Crippen LogP contribution in [-0.4, -0.2) is 17.1 Å². The first-order valence-electron chi connectivity index (χ1n) is 5.56. The fraction of sp³-hybridized carbons (Fsp3) is 0.231. The van der Waals surface area contributed by atoms with Crippen LogP contribution in [0.2, 0.25) is 0 Å². The Labute approximate surface area is 111 Å². The number of nitrogens with zero attached hydrogens (tertiary/aromatic N) is 2. The van der Waals surface area contributed by atoms with Gasteiger partial charge in [-0.2, -0.15) is 4.98 Å². The van der Waals surface area contributed by atoms with Crippen molar-refractivity contribution in [1.82, 2.24) is 9.97 Å². The number of methoxy groups -OCH3 is 1. The molecule has 2 rings (SSSR count). The van der Waals surface area contributed by atoms with Crippen molar-refractivity contribution >= 4 is 17.5 Å². The molecule has 18 heavy (non-hydrogen) atoms. The van der Waals surface area contributed by atoms with Gasteiger partial charge < -0.3 is 10.1 Å². The summed E-state index contributed by atoms with van der Waals surface area (Å²) in [6, 6.07) is 9.79. The Morgan fingerprint density at radius 1 is 1.17 bits per heavy atom. The molecule has 0 amide bonds. The average Bonchev–Trinajstić information content (AvgIpc) is 2.46. The third kappa shape index (κ3) is 3.34. The van der Waals surface area contributed by atoms with E-state index in [2.05, 4.69) is 15.3 Å². The van der Waals surface area contributed by atoms with Crippen molar-refractivity contribution in [3.05, 3.63) is 47.7 Å². The molecule has 0 radical (unpaired) electrons. The summed E-state index contributed by atoms with van der Waals surface area (Å²) in [6.45, 7) is 0.662. The van der Waals surface area contributed by atoms with Crippen LogP contribution in [0.1, 0.15) is 11.1 Å². The van der Waals surface area contributed by atoms with E-state index in [-0.39, 0.29) is 0 Å². The molecular formula is C13H14ClN3O. The molecule has 94 valence electrons. The topological polar surface area (TPSA) is 47.0 Å². The Morgan fingerprint density at radius 3 is 2.56 bits per heavy atom. The monoisotopic (exact) mass is 263 g/mol. The van der Waals surface area contributed by atoms with Gasteiger partial charge in [0.2, 0.25) is 11.8 Å². The number of alkyl halides is 1. The van der Waals surface area contributed by atoms with Crippen molar-refractivity contribution in [2.45, 2.75) is 12.4 Å². The molecule has 0 aliphatic heterocycles. The number of benzene rings is 1. The molecule has 1 aromatic heterocycles. The number of aromatic nitrogens is 2. The second-order valence-electron chi connectivity index (χ2n) is 3.73. The first-order valence-corrected chi connectivity index (χ1v) is 6.10. The highest BCUT2D eigenvalue weighted by Gasteiger charge is 1.99. The molecule has 0 bridgehead atoms. The van der Waals surface area contributed by atoms with Crippen LogP contribution < -0.4 is 10.1 Å². The highest BCUT2D eigenvalue weighted by atomic mass is 35.5. The fourth-order valence-corrected chi connectivity index (χ4v) is 1.65. The van der Waals surface area contributed by atoms with Gasteiger partial charge in [-0.25, -0.2) is 4.98 Å². The summed E-state index contributed by atoms with van der Waals surface area (Å²) in [6.07, 6.45) is 1.66. The lowest BCUT2D eigenvalue weighted by Crippen LogP contribution is -2.04. The predicted octanol–water partition coefficient (Wildman–Crippen LogP) is 2.84. The number of nitrogens with one attached hydrogen (secondary N) is 1. The van der Waals surface area contributed by atoms with Crippen molar-refractivity contribution in [3.63, 3.8) is 0 Å². The maximum absolute atomic E-state index is 5.74. The van der Waals surface area contributed by atoms with Gasteiger partial charge in [-0.1, -0.05) is 24.3 Å². The van der Waals surface area contributed by atoms with Gasteiger partial charge in [-0.3, -0.25) is 0 Å². The van der Waals surface area contributed by atoms with E-state index in [1.165, 1.54) is 0 Å². The quantitative estimate of drug-likeness (QED) is 0.843. The van der Waals surface area contributed by atoms with Crippen molar-refractivity contribution in [1.29, 1.82) is 0 Å². The number of rotatable bonds is 5. The van der Waals surface area contributed by atoms with Crippen LogP contribution in [0.3, 0.4) is 0 Å². The van der Waals surface area contributed by atoms with Gasteiger partial charge in [0, 0.05) is 24.7 Å². The molecular weight excluding hydrogens is 250 g/mol. The third-order valence-electron chi connectivity index (χ3n) is 2.47. The Morgan fingerprint density at radius 2 is 1.89 bits per heavy atom. The molecule has 0 aliphatic carbocycles. The Hall–Kier alpha value is -1.81. The molecule has 0 saturated heterocycles. The normalized spacial score (nSPS) is 10.1. The summed E-state index contributed by atoms with van der Waals surface area (Å²) in [5, 5.41) is 3.14. The summed E-state index contributed by atoms with van der Waals surface area (Å²) in [4.78, 5) is 8.29. The molecule has 5 heteroatoms. The number of ether oxygens (including phenoxy) is 1. The molecule has 1 aromatic carbocycles. The van der Waals surface area contributed by atoms with Crippen LogP contribution in [0, 0.1) is 0 Å². The van der Waals surface area contributed by atoms with Crippen LogP contribution in [0.25, 0.3) is 0 Å². The van der Waals surface area contributed by atoms with Crippen LogP contribution >= 0.6 is 11.6 Å². The smallest absolute Gasteiger partial charge is 0.226 e. The van der Waals surface area contributed by atoms with E-state index in [0.29, 0.717) is 24.3 Å². The fourth-order valence-electron chi connectivity index (χ4n) is 1.47. The molecule has 0 aliphatic rings. The van der Waals surface area contributed by atoms with E-state index in [1.54, 1.807) is 19.4 Å². The Balaban J connectivity index is 1.97. The summed E-state index contributed by atoms with van der Waals surface area (Å²) >= 11 is 5.74. The van der Waals surface area contributed by atoms with Gasteiger partial charge in [0.15, 0.2) is 0 Å². The molecule has 4 nitrogen and oxygen atoms in total. The molecule has 0 saturated carbocycles. The van der Waals surface area contributed by atoms with Gasteiger partial charge in [0.25, 0.3) is 0 Å². The first kappa shape index (κ1) is 12.6. The third-order valence-corrected chi connectivity index (χ3v) is 2.78. The molecule has 0 atom stereocenters. The molecule has 0 spiro atoms. The molecule has 2 aromatic rings. The average molecular weight is 264 g/mol. The summed E-state index contributed by atoms with van der Waals surface area (Å²) in [5.41, 5.74) is 2.26. The molecule has 0 unspecified atom stereocenters. The van der Waals surface area contributed by atoms with E-state index >= 15 is 0 Å². The lowest BCUT2D eigenvalue weighted by Gasteiger charge is -2.06. The minimum atomic E-state index is 0.534. The van der Waals surface area contributed by atoms with Crippen LogP contribution in [0.4, 0.5) is 5.95 Å². The van der Waals surface area contributed by atoms with Crippen molar-refractivity contribution < 1.29 is 4.74 Å². The van der Waals surface area contributed by atoms with E-state index < -0.39 is 0 Å². The zero-order valence-electron chi connectivity index (χ0n) is 10.1. The van der Waals surface area contributed by atoms with Crippen LogP contribution in [0.15, 0.2) is 36.5 Å². The second-order valence-corrected chi connectivity index (χ2v) is 3.99. The lowest BCUT2D eigenvalue weighted by atomic mass is 10.1. The zero-order valence-corrected chi connectivity index (χ0v) is 10.8. The van der Waals surface area contributed by atoms with Crippen LogP contribution in [0.5, 0.6) is 5.88 Å². The minimum Gasteiger partial charge on any atom is -0.481 e. The number of hydrogen-bond donors (Lipinski definition) is 1. The molecule has 0 fully saturated rings. The van der Waals surface area contributed by atoms with Gasteiger partial charge >= 0.3 is 0 Å². The molecule has 1 N–H and O–H groups in total. The van der Waals surface area contributed by atoms with Crippen molar-refractivity contribution in [2.75, 3.05) is 12.4 Å². The Bertz CT molecular complexity index is 502. The lowest BCUT2D eigenvalue weighted by molar-refractivity contribution is 0.397. The molecule has 1 heterocycles. The SMILES string of the molecule is COc1ccnc(NCc2ccc(CCl)cc2)n1. The van der Waals surface area contributed by atoms with Gasteiger partial charge in [-0.15, -0.1) is 11.6 Å². The van der Waals surface area contributed by atoms with Crippen LogP contribution in [-0.2, 0) is 12.4 Å². The van der Waals surface area contributed by atoms with E-state index in [0.717, 1.165) is 11.1 Å². The minimum absolute atomic E-state index is 0.534. The maximum atomic E-state index is 5.74. The number of halogens is 1. The number of anilines is 1. The Kier molecular flexibility index (Phi) is 4.36. The zero-order chi connectivity index (χ0) is 12.8. The van der Waals surface area contributed by atoms with E-state index in [9.17, 15) is 0 Å².